The Labute approximate surface area is 137 Å². The predicted molar refractivity (Wildman–Crippen MR) is 81.0 cm³/mol. The van der Waals surface area contributed by atoms with Crippen molar-refractivity contribution in [3.63, 3.8) is 0 Å². The molecule has 0 unspecified atom stereocenters. The quantitative estimate of drug-likeness (QED) is 0.436. The van der Waals surface area contributed by atoms with Crippen LogP contribution in [0.25, 0.3) is 0 Å². The molecule has 9 nitrogen and oxygen atoms in total. The lowest BCUT2D eigenvalue weighted by Gasteiger charge is -2.16. The molecule has 1 saturated heterocycles. The smallest absolute Gasteiger partial charge is 0.355 e. The molecule has 3 rings (SSSR count). The topological polar surface area (TPSA) is 109 Å². The van der Waals surface area contributed by atoms with Crippen LogP contribution >= 0.6 is 15.9 Å². The van der Waals surface area contributed by atoms with Gasteiger partial charge in [0.25, 0.3) is 5.91 Å². The standard InChI is InChI=1S/C13H9BrN4O5/c1-23-13(21)9-8-10(18(15-9)16-22)12(20)17(11(8)19)7-4-2-3-6(14)5-7/h2-5,8,10H,1H3/t8-,10+/m0/s1. The number of nitrogens with zero attached hydrogens (tertiary/aromatic N) is 4. The molecule has 1 fully saturated rings. The van der Waals surface area contributed by atoms with Gasteiger partial charge in [0.15, 0.2) is 11.8 Å². The highest BCUT2D eigenvalue weighted by Gasteiger charge is 2.59. The summed E-state index contributed by atoms with van der Waals surface area (Å²) in [4.78, 5) is 48.7. The van der Waals surface area contributed by atoms with E-state index in [2.05, 4.69) is 31.1 Å². The molecular weight excluding hydrogens is 372 g/mol. The molecule has 0 aromatic heterocycles. The second-order valence-electron chi connectivity index (χ2n) is 4.79. The molecule has 118 valence electrons. The van der Waals surface area contributed by atoms with Crippen LogP contribution < -0.4 is 4.90 Å². The number of methoxy groups -OCH3 is 1. The Morgan fingerprint density at radius 1 is 1.35 bits per heavy atom. The number of amides is 2. The van der Waals surface area contributed by atoms with Gasteiger partial charge in [0.2, 0.25) is 5.91 Å². The monoisotopic (exact) mass is 380 g/mol. The molecule has 23 heavy (non-hydrogen) atoms. The predicted octanol–water partition coefficient (Wildman–Crippen LogP) is 0.833. The summed E-state index contributed by atoms with van der Waals surface area (Å²) in [5, 5.41) is 6.77. The lowest BCUT2D eigenvalue weighted by molar-refractivity contribution is -0.133. The van der Waals surface area contributed by atoms with Gasteiger partial charge in [-0.2, -0.15) is 0 Å². The van der Waals surface area contributed by atoms with Crippen LogP contribution in [0, 0.1) is 10.8 Å². The molecule has 2 amide bonds. The Kier molecular flexibility index (Phi) is 3.68. The van der Waals surface area contributed by atoms with Gasteiger partial charge >= 0.3 is 5.97 Å². The van der Waals surface area contributed by atoms with Gasteiger partial charge < -0.3 is 4.74 Å². The van der Waals surface area contributed by atoms with Gasteiger partial charge in [0.1, 0.15) is 5.92 Å². The fourth-order valence-corrected chi connectivity index (χ4v) is 2.99. The largest absolute Gasteiger partial charge is 0.464 e. The molecule has 0 spiro atoms. The number of carbonyl (C=O) groups excluding carboxylic acids is 3. The first-order valence-corrected chi connectivity index (χ1v) is 7.21. The van der Waals surface area contributed by atoms with E-state index in [1.807, 2.05) is 0 Å². The SMILES string of the molecule is COC(=O)C1=NN(N=O)[C@H]2C(=O)N(c3cccc(Br)c3)C(=O)[C@@H]12. The van der Waals surface area contributed by atoms with Gasteiger partial charge in [0.05, 0.1) is 18.1 Å². The molecule has 2 aliphatic heterocycles. The molecule has 0 N–H and O–H groups in total. The van der Waals surface area contributed by atoms with Crippen molar-refractivity contribution in [2.75, 3.05) is 12.0 Å². The van der Waals surface area contributed by atoms with Crippen LogP contribution in [-0.2, 0) is 19.1 Å². The fourth-order valence-electron chi connectivity index (χ4n) is 2.60. The third-order valence-electron chi connectivity index (χ3n) is 3.57. The van der Waals surface area contributed by atoms with Crippen molar-refractivity contribution in [2.24, 2.45) is 16.3 Å². The molecule has 2 heterocycles. The van der Waals surface area contributed by atoms with E-state index in [1.54, 1.807) is 24.3 Å². The summed E-state index contributed by atoms with van der Waals surface area (Å²) in [7, 11) is 1.12. The number of imide groups is 1. The minimum atomic E-state index is -1.27. The van der Waals surface area contributed by atoms with E-state index in [-0.39, 0.29) is 5.71 Å². The molecule has 2 aliphatic rings. The molecule has 1 aromatic rings. The Balaban J connectivity index is 2.05. The number of benzene rings is 1. The number of hydrazone groups is 1. The van der Waals surface area contributed by atoms with E-state index in [9.17, 15) is 19.3 Å². The number of rotatable bonds is 3. The zero-order chi connectivity index (χ0) is 16.7. The van der Waals surface area contributed by atoms with Gasteiger partial charge in [-0.25, -0.2) is 9.69 Å². The van der Waals surface area contributed by atoms with Crippen molar-refractivity contribution in [3.8, 4) is 0 Å². The Hall–Kier alpha value is -2.62. The molecule has 2 atom stereocenters. The summed E-state index contributed by atoms with van der Waals surface area (Å²) in [6, 6.07) is 5.25. The molecule has 0 aliphatic carbocycles. The highest BCUT2D eigenvalue weighted by molar-refractivity contribution is 9.10. The van der Waals surface area contributed by atoms with Gasteiger partial charge in [-0.15, -0.1) is 15.1 Å². The van der Waals surface area contributed by atoms with Gasteiger partial charge in [-0.1, -0.05) is 22.0 Å². The molecule has 0 bridgehead atoms. The van der Waals surface area contributed by atoms with Gasteiger partial charge in [0, 0.05) is 4.47 Å². The third kappa shape index (κ3) is 2.22. The van der Waals surface area contributed by atoms with Crippen LogP contribution in [0.3, 0.4) is 0 Å². The van der Waals surface area contributed by atoms with Gasteiger partial charge in [-0.3, -0.25) is 9.59 Å². The van der Waals surface area contributed by atoms with Crippen LogP contribution in [0.2, 0.25) is 0 Å². The maximum atomic E-state index is 12.6. The highest BCUT2D eigenvalue weighted by Crippen LogP contribution is 2.36. The van der Waals surface area contributed by atoms with Crippen molar-refractivity contribution in [1.82, 2.24) is 5.12 Å². The molecule has 0 saturated carbocycles. The zero-order valence-electron chi connectivity index (χ0n) is 11.7. The molecule has 10 heteroatoms. The number of nitroso groups, excluding NO2 is 1. The van der Waals surface area contributed by atoms with Crippen LogP contribution in [0.4, 0.5) is 5.69 Å². The highest BCUT2D eigenvalue weighted by atomic mass is 79.9. The second-order valence-corrected chi connectivity index (χ2v) is 5.71. The van der Waals surface area contributed by atoms with E-state index < -0.39 is 29.7 Å². The van der Waals surface area contributed by atoms with E-state index in [1.165, 1.54) is 0 Å². The maximum absolute atomic E-state index is 12.6. The lowest BCUT2D eigenvalue weighted by atomic mass is 9.98. The Morgan fingerprint density at radius 3 is 2.70 bits per heavy atom. The van der Waals surface area contributed by atoms with Crippen LogP contribution in [0.5, 0.6) is 0 Å². The normalized spacial score (nSPS) is 23.0. The van der Waals surface area contributed by atoms with E-state index >= 15 is 0 Å². The first-order valence-electron chi connectivity index (χ1n) is 6.42. The first-order chi connectivity index (χ1) is 11.0. The summed E-state index contributed by atoms with van der Waals surface area (Å²) in [5.41, 5.74) is 0.00628. The zero-order valence-corrected chi connectivity index (χ0v) is 13.3. The number of hydrogen-bond acceptors (Lipinski definition) is 7. The molecule has 0 radical (unpaired) electrons. The summed E-state index contributed by atoms with van der Waals surface area (Å²) in [6.07, 6.45) is 0. The Bertz CT molecular complexity index is 764. The van der Waals surface area contributed by atoms with Crippen molar-refractivity contribution < 1.29 is 19.1 Å². The minimum absolute atomic E-state index is 0.312. The van der Waals surface area contributed by atoms with Gasteiger partial charge in [-0.05, 0) is 18.2 Å². The second kappa shape index (κ2) is 5.54. The summed E-state index contributed by atoms with van der Waals surface area (Å²) >= 11 is 3.26. The number of anilines is 1. The van der Waals surface area contributed by atoms with Crippen molar-refractivity contribution in [2.45, 2.75) is 6.04 Å². The van der Waals surface area contributed by atoms with E-state index in [0.29, 0.717) is 15.3 Å². The van der Waals surface area contributed by atoms with Crippen LogP contribution in [-0.4, -0.2) is 41.8 Å². The van der Waals surface area contributed by atoms with Crippen LogP contribution in [0.15, 0.2) is 39.1 Å². The number of halogens is 1. The average Bonchev–Trinajstić information content (AvgIpc) is 3.04. The summed E-state index contributed by atoms with van der Waals surface area (Å²) < 4.78 is 5.22. The number of ether oxygens (including phenoxy) is 1. The van der Waals surface area contributed by atoms with Crippen molar-refractivity contribution in [1.29, 1.82) is 0 Å². The van der Waals surface area contributed by atoms with Crippen molar-refractivity contribution >= 4 is 45.1 Å². The summed E-state index contributed by atoms with van der Waals surface area (Å²) in [5.74, 6) is -3.44. The number of fused-ring (bicyclic) bond motifs is 1. The maximum Gasteiger partial charge on any atom is 0.355 e. The lowest BCUT2D eigenvalue weighted by Crippen LogP contribution is -2.36. The van der Waals surface area contributed by atoms with E-state index in [4.69, 9.17) is 0 Å². The van der Waals surface area contributed by atoms with E-state index in [0.717, 1.165) is 12.0 Å². The fraction of sp³-hybridized carbons (Fsp3) is 0.231. The van der Waals surface area contributed by atoms with Crippen molar-refractivity contribution in [3.05, 3.63) is 33.6 Å². The summed E-state index contributed by atoms with van der Waals surface area (Å²) in [6.45, 7) is 0. The number of esters is 1. The number of carbonyl (C=O) groups is 3. The molecular formula is C13H9BrN4O5. The number of hydrogen-bond donors (Lipinski definition) is 0. The third-order valence-corrected chi connectivity index (χ3v) is 4.07. The van der Waals surface area contributed by atoms with Crippen LogP contribution in [0.1, 0.15) is 0 Å². The first kappa shape index (κ1) is 15.3. The molecule has 1 aromatic carbocycles. The average molecular weight is 381 g/mol. The minimum Gasteiger partial charge on any atom is -0.464 e. The Morgan fingerprint density at radius 2 is 2.09 bits per heavy atom.